The number of amides is 2. The summed E-state index contributed by atoms with van der Waals surface area (Å²) in [6, 6.07) is 9.63. The summed E-state index contributed by atoms with van der Waals surface area (Å²) in [5.74, 6) is -1.32. The van der Waals surface area contributed by atoms with E-state index >= 15 is 0 Å². The molecule has 1 unspecified atom stereocenters. The van der Waals surface area contributed by atoms with Gasteiger partial charge in [0.05, 0.1) is 11.2 Å². The maximum Gasteiger partial charge on any atom is 0.313 e. The van der Waals surface area contributed by atoms with Crippen LogP contribution in [-0.4, -0.2) is 47.9 Å². The van der Waals surface area contributed by atoms with Crippen molar-refractivity contribution in [3.8, 4) is 0 Å². The van der Waals surface area contributed by atoms with Gasteiger partial charge in [-0.25, -0.2) is 0 Å². The number of carbonyl (C=O) groups is 2. The largest absolute Gasteiger partial charge is 0.347 e. The van der Waals surface area contributed by atoms with Gasteiger partial charge < -0.3 is 15.5 Å². The number of carbonyl (C=O) groups excluding carboxylic acids is 2. The summed E-state index contributed by atoms with van der Waals surface area (Å²) in [4.78, 5) is 30.4. The minimum Gasteiger partial charge on any atom is -0.347 e. The Morgan fingerprint density at radius 2 is 1.96 bits per heavy atom. The third-order valence-corrected chi connectivity index (χ3v) is 4.18. The highest BCUT2D eigenvalue weighted by molar-refractivity contribution is 6.40. The summed E-state index contributed by atoms with van der Waals surface area (Å²) in [5, 5.41) is 6.19. The Labute approximate surface area is 142 Å². The number of hydrogen-bond acceptors (Lipinski definition) is 4. The number of nitrogens with zero attached hydrogens (tertiary/aromatic N) is 2. The van der Waals surface area contributed by atoms with Crippen LogP contribution < -0.4 is 10.6 Å². The molecule has 0 saturated carbocycles. The van der Waals surface area contributed by atoms with E-state index < -0.39 is 11.8 Å². The van der Waals surface area contributed by atoms with Crippen LogP contribution in [0.5, 0.6) is 0 Å². The second-order valence-electron chi connectivity index (χ2n) is 5.83. The number of fused-ring (bicyclic) bond motifs is 1. The summed E-state index contributed by atoms with van der Waals surface area (Å²) < 4.78 is 0. The number of nitrogens with one attached hydrogen (secondary N) is 2. The van der Waals surface area contributed by atoms with E-state index in [-0.39, 0.29) is 0 Å². The van der Waals surface area contributed by atoms with Gasteiger partial charge in [-0.05, 0) is 32.5 Å². The van der Waals surface area contributed by atoms with Crippen molar-refractivity contribution in [2.75, 3.05) is 25.5 Å². The first-order valence-corrected chi connectivity index (χ1v) is 8.16. The summed E-state index contributed by atoms with van der Waals surface area (Å²) in [7, 11) is 2.00. The quantitative estimate of drug-likeness (QED) is 0.796. The van der Waals surface area contributed by atoms with Crippen LogP contribution in [0.2, 0.25) is 0 Å². The molecule has 2 aromatic rings. The smallest absolute Gasteiger partial charge is 0.313 e. The Hall–Kier alpha value is -2.47. The van der Waals surface area contributed by atoms with Gasteiger partial charge in [0.2, 0.25) is 0 Å². The van der Waals surface area contributed by atoms with E-state index in [4.69, 9.17) is 0 Å². The molecule has 0 radical (unpaired) electrons. The Bertz CT molecular complexity index is 712. The number of hydrogen-bond donors (Lipinski definition) is 2. The third-order valence-electron chi connectivity index (χ3n) is 4.18. The Morgan fingerprint density at radius 3 is 2.71 bits per heavy atom. The second-order valence-corrected chi connectivity index (χ2v) is 5.83. The van der Waals surface area contributed by atoms with Crippen molar-refractivity contribution < 1.29 is 9.59 Å². The zero-order valence-electron chi connectivity index (χ0n) is 14.4. The van der Waals surface area contributed by atoms with Crippen LogP contribution in [0.1, 0.15) is 20.3 Å². The van der Waals surface area contributed by atoms with Crippen molar-refractivity contribution in [1.82, 2.24) is 15.2 Å². The van der Waals surface area contributed by atoms with Gasteiger partial charge in [0.15, 0.2) is 0 Å². The third kappa shape index (κ3) is 4.52. The molecular formula is C18H24N4O2. The molecule has 1 aromatic heterocycles. The minimum absolute atomic E-state index is 0.431. The first-order chi connectivity index (χ1) is 11.5. The molecule has 0 aliphatic rings. The summed E-state index contributed by atoms with van der Waals surface area (Å²) in [5.41, 5.74) is 1.20. The molecule has 2 amide bonds. The first kappa shape index (κ1) is 17.9. The number of anilines is 1. The van der Waals surface area contributed by atoms with E-state index in [0.717, 1.165) is 11.8 Å². The molecule has 128 valence electrons. The average Bonchev–Trinajstić information content (AvgIpc) is 2.61. The van der Waals surface area contributed by atoms with Gasteiger partial charge in [-0.1, -0.05) is 25.1 Å². The molecule has 0 aliphatic carbocycles. The fraction of sp³-hybridized carbons (Fsp3) is 0.389. The predicted molar refractivity (Wildman–Crippen MR) is 95.8 cm³/mol. The number of likely N-dealkylation sites (N-methyl/N-ethyl adjacent to an activating group) is 1. The molecular weight excluding hydrogens is 304 g/mol. The number of aromatic nitrogens is 1. The molecule has 6 heteroatoms. The monoisotopic (exact) mass is 328 g/mol. The van der Waals surface area contributed by atoms with Crippen LogP contribution in [0.15, 0.2) is 36.5 Å². The Morgan fingerprint density at radius 1 is 1.21 bits per heavy atom. The highest BCUT2D eigenvalue weighted by Gasteiger charge is 2.15. The van der Waals surface area contributed by atoms with E-state index in [1.807, 2.05) is 31.3 Å². The topological polar surface area (TPSA) is 74.3 Å². The van der Waals surface area contributed by atoms with Crippen LogP contribution in [-0.2, 0) is 9.59 Å². The molecule has 1 atom stereocenters. The predicted octanol–water partition coefficient (Wildman–Crippen LogP) is 2.02. The van der Waals surface area contributed by atoms with Gasteiger partial charge in [0, 0.05) is 30.7 Å². The van der Waals surface area contributed by atoms with E-state index in [1.165, 1.54) is 0 Å². The zero-order valence-corrected chi connectivity index (χ0v) is 14.4. The number of para-hydroxylation sites is 1. The summed E-state index contributed by atoms with van der Waals surface area (Å²) >= 11 is 0. The van der Waals surface area contributed by atoms with Crippen molar-refractivity contribution in [3.63, 3.8) is 0 Å². The summed E-state index contributed by atoms with van der Waals surface area (Å²) in [6.07, 6.45) is 2.70. The van der Waals surface area contributed by atoms with E-state index in [1.54, 1.807) is 12.3 Å². The lowest BCUT2D eigenvalue weighted by atomic mass is 10.2. The number of rotatable bonds is 6. The van der Waals surface area contributed by atoms with Gasteiger partial charge in [-0.3, -0.25) is 14.6 Å². The molecule has 2 rings (SSSR count). The Kier molecular flexibility index (Phi) is 6.26. The lowest BCUT2D eigenvalue weighted by Crippen LogP contribution is -2.41. The fourth-order valence-electron chi connectivity index (χ4n) is 2.34. The van der Waals surface area contributed by atoms with E-state index in [0.29, 0.717) is 30.3 Å². The zero-order chi connectivity index (χ0) is 17.5. The molecule has 24 heavy (non-hydrogen) atoms. The lowest BCUT2D eigenvalue weighted by Gasteiger charge is -2.23. The van der Waals surface area contributed by atoms with Gasteiger partial charge in [0.1, 0.15) is 0 Å². The Balaban J connectivity index is 1.91. The fourth-order valence-corrected chi connectivity index (χ4v) is 2.34. The van der Waals surface area contributed by atoms with Crippen LogP contribution in [0.25, 0.3) is 10.9 Å². The molecule has 0 fully saturated rings. The number of benzene rings is 1. The molecule has 2 N–H and O–H groups in total. The molecule has 1 heterocycles. The van der Waals surface area contributed by atoms with Crippen molar-refractivity contribution in [3.05, 3.63) is 36.5 Å². The van der Waals surface area contributed by atoms with E-state index in [9.17, 15) is 9.59 Å². The number of pyridine rings is 1. The maximum absolute atomic E-state index is 12.1. The van der Waals surface area contributed by atoms with Crippen molar-refractivity contribution >= 4 is 28.4 Å². The highest BCUT2D eigenvalue weighted by atomic mass is 16.2. The first-order valence-electron chi connectivity index (χ1n) is 8.16. The molecule has 1 aromatic carbocycles. The van der Waals surface area contributed by atoms with Crippen molar-refractivity contribution in [1.29, 1.82) is 0 Å². The second kappa shape index (κ2) is 8.40. The molecule has 0 saturated heterocycles. The summed E-state index contributed by atoms with van der Waals surface area (Å²) in [6.45, 7) is 5.37. The van der Waals surface area contributed by atoms with Gasteiger partial charge in [-0.2, -0.15) is 0 Å². The normalized spacial score (nSPS) is 12.2. The lowest BCUT2D eigenvalue weighted by molar-refractivity contribution is -0.136. The molecule has 6 nitrogen and oxygen atoms in total. The minimum atomic E-state index is -0.681. The SMILES string of the molecule is CCC(C)N(C)CCNC(=O)C(=O)Nc1cccc2cccnc12. The maximum atomic E-state index is 12.1. The van der Waals surface area contributed by atoms with Crippen molar-refractivity contribution in [2.45, 2.75) is 26.3 Å². The average molecular weight is 328 g/mol. The van der Waals surface area contributed by atoms with Crippen LogP contribution in [0.3, 0.4) is 0 Å². The van der Waals surface area contributed by atoms with E-state index in [2.05, 4.69) is 34.4 Å². The molecule has 0 spiro atoms. The van der Waals surface area contributed by atoms with Gasteiger partial charge >= 0.3 is 11.8 Å². The van der Waals surface area contributed by atoms with Crippen LogP contribution in [0.4, 0.5) is 5.69 Å². The standard InChI is InChI=1S/C18H24N4O2/c1-4-13(2)22(3)12-11-20-17(23)18(24)21-15-9-5-7-14-8-6-10-19-16(14)15/h5-10,13H,4,11-12H2,1-3H3,(H,20,23)(H,21,24). The van der Waals surface area contributed by atoms with Gasteiger partial charge in [0.25, 0.3) is 0 Å². The molecule has 0 bridgehead atoms. The van der Waals surface area contributed by atoms with Crippen LogP contribution >= 0.6 is 0 Å². The van der Waals surface area contributed by atoms with Crippen LogP contribution in [0, 0.1) is 0 Å². The molecule has 0 aliphatic heterocycles. The van der Waals surface area contributed by atoms with Crippen molar-refractivity contribution in [2.24, 2.45) is 0 Å². The van der Waals surface area contributed by atoms with Gasteiger partial charge in [-0.15, -0.1) is 0 Å². The highest BCUT2D eigenvalue weighted by Crippen LogP contribution is 2.20.